The van der Waals surface area contributed by atoms with E-state index in [1.807, 2.05) is 30.3 Å². The Bertz CT molecular complexity index is 417. The number of benzene rings is 2. The van der Waals surface area contributed by atoms with E-state index < -0.39 is 0 Å². The van der Waals surface area contributed by atoms with Crippen molar-refractivity contribution in [1.29, 1.82) is 0 Å². The van der Waals surface area contributed by atoms with Gasteiger partial charge in [-0.25, -0.2) is 5.56 Å². The van der Waals surface area contributed by atoms with Crippen LogP contribution in [0.25, 0.3) is 11.1 Å². The Balaban J connectivity index is -0.000000317. The molecular formula is C21H35ClIrP3. The molecule has 0 aliphatic carbocycles. The van der Waals surface area contributed by atoms with Gasteiger partial charge in [-0.3, -0.25) is 12.1 Å². The first-order valence-electron chi connectivity index (χ1n) is 8.04. The molecule has 0 spiro atoms. The van der Waals surface area contributed by atoms with E-state index in [-0.39, 0.29) is 0 Å². The summed E-state index contributed by atoms with van der Waals surface area (Å²) in [5.41, 5.74) is 2.38. The van der Waals surface area contributed by atoms with Crippen molar-refractivity contribution in [2.45, 2.75) is 0 Å². The summed E-state index contributed by atoms with van der Waals surface area (Å²) in [7, 11) is 5.78. The monoisotopic (exact) mass is 608 g/mol. The molecule has 0 N–H and O–H groups in total. The molecule has 0 fully saturated rings. The molecule has 26 heavy (non-hydrogen) atoms. The molecule has 0 saturated carbocycles. The van der Waals surface area contributed by atoms with E-state index in [9.17, 15) is 0 Å². The molecule has 0 heterocycles. The average molecular weight is 608 g/mol. The minimum absolute atomic E-state index is 0.380. The van der Waals surface area contributed by atoms with Crippen molar-refractivity contribution < 1.29 is 17.9 Å². The van der Waals surface area contributed by atoms with Crippen LogP contribution in [0.2, 0.25) is 0 Å². The van der Waals surface area contributed by atoms with Gasteiger partial charge in [0, 0.05) is 0 Å². The quantitative estimate of drug-likeness (QED) is 0.230. The van der Waals surface area contributed by atoms with Crippen molar-refractivity contribution in [3.63, 3.8) is 0 Å². The van der Waals surface area contributed by atoms with Gasteiger partial charge in [0.05, 0.1) is 0 Å². The Kier molecular flexibility index (Phi) is 28.6. The van der Waals surface area contributed by atoms with Crippen molar-refractivity contribution in [3.05, 3.63) is 60.7 Å². The van der Waals surface area contributed by atoms with Gasteiger partial charge < -0.3 is 18.2 Å². The molecule has 0 amide bonds. The molecule has 0 aliphatic rings. The van der Waals surface area contributed by atoms with E-state index in [0.717, 1.165) is 5.56 Å². The van der Waals surface area contributed by atoms with Gasteiger partial charge in [-0.05, 0) is 60.0 Å². The summed E-state index contributed by atoms with van der Waals surface area (Å²) in [6.45, 7) is 20.1. The fourth-order valence-electron chi connectivity index (χ4n) is 1.15. The molecule has 2 rings (SSSR count). The van der Waals surface area contributed by atoms with Gasteiger partial charge in [0.15, 0.2) is 0 Å². The molecule has 2 aromatic carbocycles. The number of halogens is 1. The molecule has 0 radical (unpaired) electrons. The number of rotatable bonds is 1. The maximum Gasteiger partial charge on any atom is -0.0624 e. The predicted octanol–water partition coefficient (Wildman–Crippen LogP) is 7.71. The van der Waals surface area contributed by atoms with Crippen LogP contribution >= 0.6 is 33.3 Å². The number of hydrogen-bond acceptors (Lipinski definition) is 0. The first-order chi connectivity index (χ1) is 12.2. The molecule has 0 unspecified atom stereocenters. The van der Waals surface area contributed by atoms with E-state index in [2.05, 4.69) is 93.8 Å². The maximum atomic E-state index is 4.64. The topological polar surface area (TPSA) is 0 Å². The zero-order valence-corrected chi connectivity index (χ0v) is 23.5. The fourth-order valence-corrected chi connectivity index (χ4v) is 1.15. The largest absolute Gasteiger partial charge is 0.358 e. The van der Waals surface area contributed by atoms with Crippen molar-refractivity contribution in [3.8, 4) is 11.1 Å². The van der Waals surface area contributed by atoms with Gasteiger partial charge in [-0.1, -0.05) is 30.3 Å². The zero-order valence-electron chi connectivity index (χ0n) is 17.7. The van der Waals surface area contributed by atoms with Gasteiger partial charge in [0.25, 0.3) is 0 Å². The minimum Gasteiger partial charge on any atom is -0.358 e. The maximum absolute atomic E-state index is 4.64. The zero-order chi connectivity index (χ0) is 21.0. The second-order valence-corrected chi connectivity index (χ2v) is 14.7. The number of hydrogen-bond donors (Lipinski definition) is 0. The van der Waals surface area contributed by atoms with Crippen LogP contribution in [0.1, 0.15) is 0 Å². The predicted molar refractivity (Wildman–Crippen MR) is 129 cm³/mol. The Morgan fingerprint density at radius 1 is 0.615 bits per heavy atom. The van der Waals surface area contributed by atoms with Crippen LogP contribution in [0, 0.1) is 12.1 Å². The molecule has 5 heteroatoms. The first-order valence-corrected chi connectivity index (χ1v) is 19.1. The van der Waals surface area contributed by atoms with E-state index >= 15 is 0 Å². The third kappa shape index (κ3) is 32.4. The van der Waals surface area contributed by atoms with Crippen LogP contribution in [0.15, 0.2) is 48.5 Å². The van der Waals surface area contributed by atoms with E-state index in [0.29, 0.717) is 23.8 Å². The van der Waals surface area contributed by atoms with E-state index in [1.165, 1.54) is 23.5 Å². The van der Waals surface area contributed by atoms with Gasteiger partial charge in [0.1, 0.15) is 0 Å². The summed E-state index contributed by atoms with van der Waals surface area (Å²) in [5, 5.41) is 0. The molecule has 2 aromatic rings. The third-order valence-corrected chi connectivity index (χ3v) is 1.75. The second-order valence-electron chi connectivity index (χ2n) is 6.61. The minimum atomic E-state index is 0.380. The summed E-state index contributed by atoms with van der Waals surface area (Å²) in [5.74, 6) is 0. The average Bonchev–Trinajstić information content (AvgIpc) is 2.57. The van der Waals surface area contributed by atoms with Crippen molar-refractivity contribution in [1.82, 2.24) is 0 Å². The molecular weight excluding hydrogens is 573 g/mol. The molecule has 0 aromatic heterocycles. The van der Waals surface area contributed by atoms with Crippen molar-refractivity contribution in [2.24, 2.45) is 0 Å². The van der Waals surface area contributed by atoms with Gasteiger partial charge >= 0.3 is 27.5 Å². The SMILES string of the molecule is CP(C)C.CP(C)C.CP(C)C.[Cl][Ir+2].[c-]1c[c-]cc(-c2ccccc2)c1. The molecule has 0 aliphatic heterocycles. The standard InChI is InChI=1S/C12H8.3C3H9P.ClH.Ir/c1-3-7-11(8-4-1)12-9-5-2-6-10-12;3*1-4(2)3;;/h1-4,7-10H;3*1-3H3;1H;/q-2;;;;;+3/p-1. The summed E-state index contributed by atoms with van der Waals surface area (Å²) in [4.78, 5) is 0. The molecule has 0 atom stereocenters. The van der Waals surface area contributed by atoms with Crippen LogP contribution in [0.4, 0.5) is 0 Å². The van der Waals surface area contributed by atoms with Crippen LogP contribution in [-0.2, 0) is 17.9 Å². The summed E-state index contributed by atoms with van der Waals surface area (Å²) in [6.07, 6.45) is 0. The van der Waals surface area contributed by atoms with Crippen molar-refractivity contribution in [2.75, 3.05) is 60.0 Å². The fraction of sp³-hybridized carbons (Fsp3) is 0.429. The third-order valence-electron chi connectivity index (χ3n) is 1.75. The normalized spacial score (nSPS) is 8.85. The Labute approximate surface area is 182 Å². The molecule has 0 saturated heterocycles. The van der Waals surface area contributed by atoms with Gasteiger partial charge in [-0.2, -0.15) is 0 Å². The van der Waals surface area contributed by atoms with Crippen LogP contribution in [0.5, 0.6) is 0 Å². The van der Waals surface area contributed by atoms with Gasteiger partial charge in [-0.15, -0.1) is 29.3 Å². The Hall–Kier alpha value is 0.669. The Morgan fingerprint density at radius 3 is 1.23 bits per heavy atom. The molecule has 0 nitrogen and oxygen atoms in total. The molecule has 0 bridgehead atoms. The van der Waals surface area contributed by atoms with E-state index in [4.69, 9.17) is 0 Å². The first kappa shape index (κ1) is 31.4. The van der Waals surface area contributed by atoms with Crippen molar-refractivity contribution >= 4 is 33.3 Å². The van der Waals surface area contributed by atoms with Crippen LogP contribution in [0.3, 0.4) is 0 Å². The van der Waals surface area contributed by atoms with Crippen LogP contribution in [-0.4, -0.2) is 60.0 Å². The Morgan fingerprint density at radius 2 is 0.923 bits per heavy atom. The summed E-state index contributed by atoms with van der Waals surface area (Å²) >= 11 is 1.47. The summed E-state index contributed by atoms with van der Waals surface area (Å²) < 4.78 is 0. The van der Waals surface area contributed by atoms with Gasteiger partial charge in [0.2, 0.25) is 0 Å². The van der Waals surface area contributed by atoms with Crippen LogP contribution < -0.4 is 0 Å². The molecule has 150 valence electrons. The smallest absolute Gasteiger partial charge is 0.0624 e. The van der Waals surface area contributed by atoms with E-state index in [1.54, 1.807) is 6.07 Å². The second kappa shape index (κ2) is 23.7. The summed E-state index contributed by atoms with van der Waals surface area (Å²) in [6, 6.07) is 22.0.